The molecule has 0 aromatic heterocycles. The second-order valence-electron chi connectivity index (χ2n) is 3.94. The van der Waals surface area contributed by atoms with Gasteiger partial charge in [0.15, 0.2) is 5.43 Å². The van der Waals surface area contributed by atoms with Crippen molar-refractivity contribution in [3.05, 3.63) is 72.5 Å². The lowest BCUT2D eigenvalue weighted by Crippen LogP contribution is -2.29. The average Bonchev–Trinajstić information content (AvgIpc) is 2.35. The first kappa shape index (κ1) is 9.78. The third-order valence-electron chi connectivity index (χ3n) is 2.98. The van der Waals surface area contributed by atoms with Gasteiger partial charge in [0.05, 0.1) is 16.7 Å². The predicted octanol–water partition coefficient (Wildman–Crippen LogP) is 0.738. The van der Waals surface area contributed by atoms with E-state index < -0.39 is 5.43 Å². The van der Waals surface area contributed by atoms with E-state index in [-0.39, 0.29) is 15.9 Å². The molecule has 0 radical (unpaired) electrons. The van der Waals surface area contributed by atoms with Gasteiger partial charge in [0.2, 0.25) is 5.43 Å². The summed E-state index contributed by atoms with van der Waals surface area (Å²) in [5.74, 6) is 0. The molecule has 0 spiro atoms. The summed E-state index contributed by atoms with van der Waals surface area (Å²) in [7, 11) is 0. The molecule has 0 aliphatic heterocycles. The summed E-state index contributed by atoms with van der Waals surface area (Å²) in [6, 6.07) is 10.2. The van der Waals surface area contributed by atoms with E-state index in [0.29, 0.717) is 5.22 Å². The van der Waals surface area contributed by atoms with Gasteiger partial charge in [0.1, 0.15) is 0 Å². The van der Waals surface area contributed by atoms with Crippen molar-refractivity contribution in [1.82, 2.24) is 0 Å². The fourth-order valence-electron chi connectivity index (χ4n) is 2.21. The molecule has 0 unspecified atom stereocenters. The Balaban J connectivity index is 2.97. The van der Waals surface area contributed by atoms with Gasteiger partial charge in [0.25, 0.3) is 0 Å². The molecule has 3 rings (SSSR count). The van der Waals surface area contributed by atoms with Crippen molar-refractivity contribution >= 4 is 17.0 Å². The van der Waals surface area contributed by atoms with E-state index >= 15 is 0 Å². The lowest BCUT2D eigenvalue weighted by atomic mass is 10.0. The number of rotatable bonds is 0. The maximum atomic E-state index is 12.0. The molecule has 1 aromatic rings. The minimum absolute atomic E-state index is 0.147. The van der Waals surface area contributed by atoms with Crippen LogP contribution in [0.15, 0.2) is 46.0 Å². The molecular formula is C14H8O3. The fourth-order valence-corrected chi connectivity index (χ4v) is 2.21. The molecule has 17 heavy (non-hydrogen) atoms. The van der Waals surface area contributed by atoms with Crippen LogP contribution in [0.1, 0.15) is 0 Å². The molecule has 2 aliphatic carbocycles. The smallest absolute Gasteiger partial charge is 0.200 e. The minimum atomic E-state index is -0.415. The van der Waals surface area contributed by atoms with Crippen molar-refractivity contribution in [1.29, 1.82) is 0 Å². The molecule has 82 valence electrons. The van der Waals surface area contributed by atoms with Crippen LogP contribution >= 0.6 is 0 Å². The van der Waals surface area contributed by atoms with Crippen molar-refractivity contribution in [3.63, 3.8) is 0 Å². The quantitative estimate of drug-likeness (QED) is 0.612. The van der Waals surface area contributed by atoms with Gasteiger partial charge in [-0.05, 0) is 22.9 Å². The topological polar surface area (TPSA) is 54.4 Å². The van der Waals surface area contributed by atoms with Gasteiger partial charge in [-0.2, -0.15) is 0 Å². The van der Waals surface area contributed by atoms with Crippen LogP contribution < -0.4 is 16.1 Å². The van der Waals surface area contributed by atoms with Crippen LogP contribution in [0.3, 0.4) is 0 Å². The fraction of sp³-hybridized carbons (Fsp3) is 0. The lowest BCUT2D eigenvalue weighted by Gasteiger charge is -2.00. The third kappa shape index (κ3) is 1.22. The lowest BCUT2D eigenvalue weighted by molar-refractivity contribution is 0.540. The van der Waals surface area contributed by atoms with Gasteiger partial charge in [-0.1, -0.05) is 24.3 Å². The Morgan fingerprint density at radius 2 is 1.71 bits per heavy atom. The van der Waals surface area contributed by atoms with Gasteiger partial charge >= 0.3 is 0 Å². The van der Waals surface area contributed by atoms with Crippen molar-refractivity contribution in [2.75, 3.05) is 0 Å². The number of aliphatic hydroxyl groups is 1. The van der Waals surface area contributed by atoms with Gasteiger partial charge in [-0.15, -0.1) is 0 Å². The number of aliphatic hydroxyl groups excluding tert-OH is 1. The van der Waals surface area contributed by atoms with Crippen LogP contribution in [0.25, 0.3) is 17.0 Å². The second-order valence-corrected chi connectivity index (χ2v) is 3.94. The van der Waals surface area contributed by atoms with E-state index in [2.05, 4.69) is 0 Å². The van der Waals surface area contributed by atoms with Crippen molar-refractivity contribution in [3.8, 4) is 0 Å². The van der Waals surface area contributed by atoms with Crippen LogP contribution in [0.4, 0.5) is 0 Å². The van der Waals surface area contributed by atoms with Crippen molar-refractivity contribution in [2.24, 2.45) is 0 Å². The molecule has 0 atom stereocenters. The van der Waals surface area contributed by atoms with Crippen LogP contribution in [-0.2, 0) is 0 Å². The first-order valence-electron chi connectivity index (χ1n) is 5.19. The summed E-state index contributed by atoms with van der Waals surface area (Å²) in [4.78, 5) is 23.8. The molecule has 0 heterocycles. The zero-order valence-corrected chi connectivity index (χ0v) is 8.81. The zero-order chi connectivity index (χ0) is 12.0. The molecule has 2 aliphatic rings. The summed E-state index contributed by atoms with van der Waals surface area (Å²) in [5, 5.41) is 11.6. The Kier molecular flexibility index (Phi) is 1.89. The molecule has 0 fully saturated rings. The molecular weight excluding hydrogens is 216 g/mol. The highest BCUT2D eigenvalue weighted by molar-refractivity contribution is 5.70. The summed E-state index contributed by atoms with van der Waals surface area (Å²) in [6.45, 7) is 0. The molecule has 1 aromatic carbocycles. The Labute approximate surface area is 95.2 Å². The maximum Gasteiger partial charge on any atom is 0.200 e. The van der Waals surface area contributed by atoms with Crippen LogP contribution in [0.2, 0.25) is 0 Å². The second kappa shape index (κ2) is 3.28. The predicted molar refractivity (Wildman–Crippen MR) is 65.3 cm³/mol. The van der Waals surface area contributed by atoms with Gasteiger partial charge < -0.3 is 5.11 Å². The molecule has 3 heteroatoms. The summed E-state index contributed by atoms with van der Waals surface area (Å²) < 4.78 is 0. The molecule has 0 saturated heterocycles. The molecule has 0 saturated carbocycles. The Morgan fingerprint density at radius 1 is 0.941 bits per heavy atom. The molecule has 1 N–H and O–H groups in total. The Bertz CT molecular complexity index is 928. The highest BCUT2D eigenvalue weighted by atomic mass is 16.2. The largest absolute Gasteiger partial charge is 0.515 e. The molecule has 3 nitrogen and oxygen atoms in total. The van der Waals surface area contributed by atoms with Crippen LogP contribution in [0.5, 0.6) is 0 Å². The standard InChI is InChI=1S/C14H8O3/c15-7-10-6-9-3-1-2-8-4-5-11(16)13(12(8)9)14(10)17/h1-7,15H/b10-7+. The summed E-state index contributed by atoms with van der Waals surface area (Å²) >= 11 is 0. The monoisotopic (exact) mass is 224 g/mol. The highest BCUT2D eigenvalue weighted by Crippen LogP contribution is 2.11. The van der Waals surface area contributed by atoms with E-state index in [0.717, 1.165) is 17.0 Å². The Hall–Kier alpha value is -2.42. The molecule has 0 amide bonds. The van der Waals surface area contributed by atoms with Gasteiger partial charge in [-0.3, -0.25) is 9.59 Å². The number of hydrogen-bond donors (Lipinski definition) is 1. The van der Waals surface area contributed by atoms with Gasteiger partial charge in [-0.25, -0.2) is 0 Å². The SMILES string of the molecule is O=c1ccc2cccc3c/c(=C\O)c(=O)c1=c23. The summed E-state index contributed by atoms with van der Waals surface area (Å²) in [6.07, 6.45) is 0.747. The Morgan fingerprint density at radius 3 is 2.47 bits per heavy atom. The normalized spacial score (nSPS) is 12.6. The summed E-state index contributed by atoms with van der Waals surface area (Å²) in [5.41, 5.74) is -0.718. The first-order valence-corrected chi connectivity index (χ1v) is 5.19. The van der Waals surface area contributed by atoms with Crippen molar-refractivity contribution in [2.45, 2.75) is 0 Å². The number of hydrogen-bond acceptors (Lipinski definition) is 3. The average molecular weight is 224 g/mol. The minimum Gasteiger partial charge on any atom is -0.515 e. The van der Waals surface area contributed by atoms with Crippen LogP contribution in [0, 0.1) is 10.4 Å². The van der Waals surface area contributed by atoms with E-state index in [1.54, 1.807) is 12.1 Å². The van der Waals surface area contributed by atoms with E-state index in [1.807, 2.05) is 18.2 Å². The van der Waals surface area contributed by atoms with Crippen LogP contribution in [-0.4, -0.2) is 5.11 Å². The van der Waals surface area contributed by atoms with E-state index in [9.17, 15) is 9.59 Å². The van der Waals surface area contributed by atoms with Gasteiger partial charge in [0, 0.05) is 5.22 Å². The highest BCUT2D eigenvalue weighted by Gasteiger charge is 2.05. The first-order chi connectivity index (χ1) is 8.22. The maximum absolute atomic E-state index is 12.0. The molecule has 0 bridgehead atoms. The number of benzene rings is 1. The zero-order valence-electron chi connectivity index (χ0n) is 8.81. The van der Waals surface area contributed by atoms with Crippen molar-refractivity contribution < 1.29 is 5.11 Å². The third-order valence-corrected chi connectivity index (χ3v) is 2.98. The van der Waals surface area contributed by atoms with E-state index in [1.165, 1.54) is 6.07 Å². The van der Waals surface area contributed by atoms with E-state index in [4.69, 9.17) is 5.11 Å².